The Morgan fingerprint density at radius 1 is 1.04 bits per heavy atom. The molecule has 2 aromatic rings. The summed E-state index contributed by atoms with van der Waals surface area (Å²) in [5, 5.41) is 2.85. The summed E-state index contributed by atoms with van der Waals surface area (Å²) in [6.07, 6.45) is 2.40. The molecule has 3 rings (SSSR count). The number of ether oxygens (including phenoxy) is 1. The van der Waals surface area contributed by atoms with Crippen molar-refractivity contribution in [3.8, 4) is 5.75 Å². The van der Waals surface area contributed by atoms with Gasteiger partial charge in [0, 0.05) is 6.42 Å². The number of methoxy groups -OCH3 is 1. The van der Waals surface area contributed by atoms with Crippen LogP contribution in [0.2, 0.25) is 0 Å². The normalized spacial score (nSPS) is 15.8. The lowest BCUT2D eigenvalue weighted by Gasteiger charge is -2.18. The van der Waals surface area contributed by atoms with E-state index in [1.54, 1.807) is 7.11 Å². The van der Waals surface area contributed by atoms with E-state index < -0.39 is 0 Å². The minimum atomic E-state index is -0.159. The summed E-state index contributed by atoms with van der Waals surface area (Å²) >= 11 is 0. The first kappa shape index (κ1) is 17.9. The van der Waals surface area contributed by atoms with E-state index in [-0.39, 0.29) is 11.3 Å². The highest BCUT2D eigenvalue weighted by atomic mass is 16.5. The van der Waals surface area contributed by atoms with Gasteiger partial charge in [0.2, 0.25) is 0 Å². The number of benzene rings is 2. The number of nitrogens with one attached hydrogen (secondary N) is 1. The summed E-state index contributed by atoms with van der Waals surface area (Å²) < 4.78 is 5.16. The quantitative estimate of drug-likeness (QED) is 0.846. The average molecular weight is 348 g/mol. The van der Waals surface area contributed by atoms with Crippen LogP contribution in [0.4, 0.5) is 0 Å². The lowest BCUT2D eigenvalue weighted by atomic mass is 9.87. The molecule has 0 aromatic heterocycles. The Hall–Kier alpha value is -2.88. The van der Waals surface area contributed by atoms with Crippen molar-refractivity contribution in [2.75, 3.05) is 7.11 Å². The van der Waals surface area contributed by atoms with Gasteiger partial charge in [-0.2, -0.15) is 0 Å². The molecule has 0 aliphatic carbocycles. The Bertz CT molecular complexity index is 855. The third-order valence-electron chi connectivity index (χ3n) is 4.36. The SMILES string of the molecule is COc1ccc(CC2=N/C(=C/c3ccc(C(C)(C)C)cc3)C(=O)N2)cc1. The van der Waals surface area contributed by atoms with Gasteiger partial charge >= 0.3 is 0 Å². The third kappa shape index (κ3) is 4.20. The molecule has 134 valence electrons. The Morgan fingerprint density at radius 2 is 1.69 bits per heavy atom. The smallest absolute Gasteiger partial charge is 0.275 e. The second-order valence-electron chi connectivity index (χ2n) is 7.44. The van der Waals surface area contributed by atoms with Crippen LogP contribution in [-0.2, 0) is 16.6 Å². The summed E-state index contributed by atoms with van der Waals surface area (Å²) in [6, 6.07) is 16.0. The van der Waals surface area contributed by atoms with Crippen LogP contribution in [0.1, 0.15) is 37.5 Å². The number of carbonyl (C=O) groups is 1. The number of amidine groups is 1. The summed E-state index contributed by atoms with van der Waals surface area (Å²) in [4.78, 5) is 16.7. The van der Waals surface area contributed by atoms with Crippen molar-refractivity contribution >= 4 is 17.8 Å². The molecule has 4 nitrogen and oxygen atoms in total. The molecule has 0 radical (unpaired) electrons. The van der Waals surface area contributed by atoms with Gasteiger partial charge in [0.25, 0.3) is 5.91 Å². The standard InChI is InChI=1S/C22H24N2O2/c1-22(2,3)17-9-5-15(6-10-17)13-19-21(25)24-20(23-19)14-16-7-11-18(26-4)12-8-16/h5-13H,14H2,1-4H3,(H,23,24,25)/b19-13+. The van der Waals surface area contributed by atoms with Gasteiger partial charge in [0.1, 0.15) is 17.3 Å². The van der Waals surface area contributed by atoms with Crippen LogP contribution in [0.3, 0.4) is 0 Å². The molecule has 0 unspecified atom stereocenters. The minimum absolute atomic E-state index is 0.111. The Balaban J connectivity index is 1.75. The highest BCUT2D eigenvalue weighted by Gasteiger charge is 2.20. The number of rotatable bonds is 4. The molecule has 0 fully saturated rings. The maximum atomic E-state index is 12.2. The molecule has 0 saturated carbocycles. The fourth-order valence-corrected chi connectivity index (χ4v) is 2.77. The molecule has 0 spiro atoms. The van der Waals surface area contributed by atoms with Gasteiger partial charge in [-0.05, 0) is 40.3 Å². The molecule has 1 aliphatic heterocycles. The van der Waals surface area contributed by atoms with Gasteiger partial charge in [0.05, 0.1) is 7.11 Å². The predicted octanol–water partition coefficient (Wildman–Crippen LogP) is 4.10. The van der Waals surface area contributed by atoms with Gasteiger partial charge in [-0.25, -0.2) is 4.99 Å². The van der Waals surface area contributed by atoms with E-state index in [0.717, 1.165) is 16.9 Å². The second-order valence-corrected chi connectivity index (χ2v) is 7.44. The topological polar surface area (TPSA) is 50.7 Å². The first-order valence-electron chi connectivity index (χ1n) is 8.69. The maximum absolute atomic E-state index is 12.2. The Kier molecular flexibility index (Phi) is 4.94. The largest absolute Gasteiger partial charge is 0.497 e. The van der Waals surface area contributed by atoms with Crippen molar-refractivity contribution in [1.82, 2.24) is 5.32 Å². The zero-order valence-electron chi connectivity index (χ0n) is 15.7. The predicted molar refractivity (Wildman–Crippen MR) is 105 cm³/mol. The number of hydrogen-bond donors (Lipinski definition) is 1. The molecule has 2 aromatic carbocycles. The van der Waals surface area contributed by atoms with Gasteiger partial charge in [-0.3, -0.25) is 4.79 Å². The average Bonchev–Trinajstić information content (AvgIpc) is 2.94. The van der Waals surface area contributed by atoms with Crippen molar-refractivity contribution in [3.63, 3.8) is 0 Å². The van der Waals surface area contributed by atoms with Gasteiger partial charge in [0.15, 0.2) is 0 Å². The van der Waals surface area contributed by atoms with Crippen LogP contribution in [0.5, 0.6) is 5.75 Å². The second kappa shape index (κ2) is 7.16. The van der Waals surface area contributed by atoms with E-state index in [1.807, 2.05) is 42.5 Å². The van der Waals surface area contributed by atoms with Gasteiger partial charge < -0.3 is 10.1 Å². The fraction of sp³-hybridized carbons (Fsp3) is 0.273. The van der Waals surface area contributed by atoms with E-state index in [0.29, 0.717) is 18.0 Å². The molecular weight excluding hydrogens is 324 g/mol. The van der Waals surface area contributed by atoms with Crippen LogP contribution in [0.25, 0.3) is 6.08 Å². The highest BCUT2D eigenvalue weighted by Crippen LogP contribution is 2.23. The number of nitrogens with zero attached hydrogens (tertiary/aromatic N) is 1. The van der Waals surface area contributed by atoms with E-state index in [9.17, 15) is 4.79 Å². The zero-order valence-corrected chi connectivity index (χ0v) is 15.7. The highest BCUT2D eigenvalue weighted by molar-refractivity contribution is 6.14. The van der Waals surface area contributed by atoms with Crippen molar-refractivity contribution in [2.24, 2.45) is 4.99 Å². The molecule has 1 heterocycles. The monoisotopic (exact) mass is 348 g/mol. The maximum Gasteiger partial charge on any atom is 0.275 e. The Labute approximate surface area is 154 Å². The van der Waals surface area contributed by atoms with Crippen molar-refractivity contribution in [2.45, 2.75) is 32.6 Å². The first-order valence-corrected chi connectivity index (χ1v) is 8.69. The van der Waals surface area contributed by atoms with Crippen molar-refractivity contribution < 1.29 is 9.53 Å². The number of hydrogen-bond acceptors (Lipinski definition) is 3. The fourth-order valence-electron chi connectivity index (χ4n) is 2.77. The van der Waals surface area contributed by atoms with Crippen LogP contribution in [0, 0.1) is 0 Å². The van der Waals surface area contributed by atoms with Crippen LogP contribution < -0.4 is 10.1 Å². The van der Waals surface area contributed by atoms with Crippen molar-refractivity contribution in [1.29, 1.82) is 0 Å². The molecule has 0 saturated heterocycles. The summed E-state index contributed by atoms with van der Waals surface area (Å²) in [5.74, 6) is 1.32. The lowest BCUT2D eigenvalue weighted by molar-refractivity contribution is -0.115. The number of amides is 1. The van der Waals surface area contributed by atoms with E-state index in [1.165, 1.54) is 5.56 Å². The zero-order chi connectivity index (χ0) is 18.7. The molecule has 4 heteroatoms. The van der Waals surface area contributed by atoms with E-state index in [2.05, 4.69) is 43.2 Å². The van der Waals surface area contributed by atoms with Crippen molar-refractivity contribution in [3.05, 3.63) is 70.9 Å². The first-order chi connectivity index (χ1) is 12.3. The lowest BCUT2D eigenvalue weighted by Crippen LogP contribution is -2.25. The number of aliphatic imine (C=N–C) groups is 1. The van der Waals surface area contributed by atoms with Gasteiger partial charge in [-0.1, -0.05) is 57.2 Å². The minimum Gasteiger partial charge on any atom is -0.497 e. The molecule has 1 amide bonds. The molecule has 1 aliphatic rings. The molecule has 26 heavy (non-hydrogen) atoms. The summed E-state index contributed by atoms with van der Waals surface area (Å²) in [6.45, 7) is 6.54. The Morgan fingerprint density at radius 3 is 2.27 bits per heavy atom. The summed E-state index contributed by atoms with van der Waals surface area (Å²) in [7, 11) is 1.64. The van der Waals surface area contributed by atoms with E-state index >= 15 is 0 Å². The summed E-state index contributed by atoms with van der Waals surface area (Å²) in [5.41, 5.74) is 3.86. The van der Waals surface area contributed by atoms with Crippen LogP contribution in [0.15, 0.2) is 59.2 Å². The van der Waals surface area contributed by atoms with Crippen LogP contribution >= 0.6 is 0 Å². The molecule has 0 atom stereocenters. The van der Waals surface area contributed by atoms with E-state index in [4.69, 9.17) is 4.74 Å². The molecule has 1 N–H and O–H groups in total. The van der Waals surface area contributed by atoms with Crippen LogP contribution in [-0.4, -0.2) is 18.9 Å². The number of carbonyl (C=O) groups excluding carboxylic acids is 1. The molecular formula is C22H24N2O2. The van der Waals surface area contributed by atoms with Gasteiger partial charge in [-0.15, -0.1) is 0 Å². The molecule has 0 bridgehead atoms. The third-order valence-corrected chi connectivity index (χ3v) is 4.36.